The Balaban J connectivity index is 1.08. The van der Waals surface area contributed by atoms with Crippen LogP contribution in [-0.4, -0.2) is 8.80 Å². The molecule has 0 bridgehead atoms. The van der Waals surface area contributed by atoms with E-state index in [2.05, 4.69) is 305 Å². The first kappa shape index (κ1) is 49.6. The second kappa shape index (κ2) is 18.6. The fourth-order valence-corrected chi connectivity index (χ4v) is 14.1. The molecule has 4 heteroatoms. The molecule has 82 heavy (non-hydrogen) atoms. The van der Waals surface area contributed by atoms with Gasteiger partial charge in [-0.25, -0.2) is 0 Å². The van der Waals surface area contributed by atoms with E-state index in [1.807, 2.05) is 0 Å². The van der Waals surface area contributed by atoms with E-state index in [0.717, 1.165) is 24.2 Å². The average molecular weight is 1060 g/mol. The van der Waals surface area contributed by atoms with Gasteiger partial charge in [0.2, 0.25) is 0 Å². The Bertz CT molecular complexity index is 4650. The SMILES string of the molecule is CCc1ccccc1N(c1ccccc1-c1ccccc1)c1ccc2c3cc4c(cc3n3c5c(C(C)(C)C)cccc5c1c23)c1ccc(N(c2ccccc2CC)c2ccccc2-c2ccccc2)c2c3cccc(C(C)(C)C)c3n4c12. The third-order valence-corrected chi connectivity index (χ3v) is 17.8. The lowest BCUT2D eigenvalue weighted by Crippen LogP contribution is -2.13. The maximum Gasteiger partial charge on any atom is 0.0641 e. The number of aryl methyl sites for hydroxylation is 2. The zero-order chi connectivity index (χ0) is 55.8. The van der Waals surface area contributed by atoms with E-state index in [1.165, 1.54) is 143 Å². The molecular weight excluding hydrogens is 993 g/mol. The molecule has 0 aliphatic carbocycles. The Labute approximate surface area is 480 Å². The number of anilines is 6. The Kier molecular flexibility index (Phi) is 11.3. The summed E-state index contributed by atoms with van der Waals surface area (Å²) in [6, 6.07) is 86.7. The van der Waals surface area contributed by atoms with Gasteiger partial charge in [0.05, 0.1) is 55.8 Å². The molecule has 0 atom stereocenters. The highest BCUT2D eigenvalue weighted by Gasteiger charge is 2.33. The van der Waals surface area contributed by atoms with Crippen molar-refractivity contribution in [2.45, 2.75) is 79.1 Å². The molecule has 0 aliphatic rings. The molecular formula is C78H66N4. The molecule has 0 radical (unpaired) electrons. The van der Waals surface area contributed by atoms with Crippen molar-refractivity contribution >= 4 is 110 Å². The van der Waals surface area contributed by atoms with E-state index in [4.69, 9.17) is 0 Å². The second-order valence-corrected chi connectivity index (χ2v) is 24.6. The molecule has 0 saturated heterocycles. The summed E-state index contributed by atoms with van der Waals surface area (Å²) in [5.41, 5.74) is 24.3. The van der Waals surface area contributed by atoms with Crippen LogP contribution in [0, 0.1) is 0 Å². The quantitative estimate of drug-likeness (QED) is 0.136. The Morgan fingerprint density at radius 1 is 0.305 bits per heavy atom. The van der Waals surface area contributed by atoms with Crippen molar-refractivity contribution in [3.63, 3.8) is 0 Å². The minimum atomic E-state index is -0.147. The zero-order valence-corrected chi connectivity index (χ0v) is 48.1. The number of hydrogen-bond donors (Lipinski definition) is 0. The Hall–Kier alpha value is -9.38. The highest BCUT2D eigenvalue weighted by atomic mass is 15.2. The van der Waals surface area contributed by atoms with Crippen molar-refractivity contribution in [1.82, 2.24) is 8.80 Å². The van der Waals surface area contributed by atoms with Crippen molar-refractivity contribution < 1.29 is 0 Å². The first-order valence-corrected chi connectivity index (χ1v) is 29.4. The van der Waals surface area contributed by atoms with Crippen LogP contribution in [0.5, 0.6) is 0 Å². The third-order valence-electron chi connectivity index (χ3n) is 17.8. The van der Waals surface area contributed by atoms with Gasteiger partial charge in [-0.2, -0.15) is 0 Å². The molecule has 15 rings (SSSR count). The average Bonchev–Trinajstić information content (AvgIpc) is 1.66. The highest BCUT2D eigenvalue weighted by molar-refractivity contribution is 6.33. The van der Waals surface area contributed by atoms with Crippen LogP contribution in [-0.2, 0) is 23.7 Å². The van der Waals surface area contributed by atoms with Gasteiger partial charge in [-0.3, -0.25) is 0 Å². The summed E-state index contributed by atoms with van der Waals surface area (Å²) in [5, 5.41) is 10.1. The molecule has 15 aromatic rings. The molecule has 0 fully saturated rings. The van der Waals surface area contributed by atoms with E-state index in [1.54, 1.807) is 0 Å². The number of fused-ring (bicyclic) bond motifs is 12. The van der Waals surface area contributed by atoms with Gasteiger partial charge in [-0.05, 0) is 106 Å². The van der Waals surface area contributed by atoms with Crippen molar-refractivity contribution in [2.24, 2.45) is 0 Å². The summed E-state index contributed by atoms with van der Waals surface area (Å²) in [6.45, 7) is 18.8. The molecule has 0 N–H and O–H groups in total. The molecule has 4 heterocycles. The second-order valence-electron chi connectivity index (χ2n) is 24.6. The fourth-order valence-electron chi connectivity index (χ4n) is 14.1. The van der Waals surface area contributed by atoms with Gasteiger partial charge < -0.3 is 18.6 Å². The Morgan fingerprint density at radius 2 is 0.671 bits per heavy atom. The summed E-state index contributed by atoms with van der Waals surface area (Å²) < 4.78 is 5.32. The van der Waals surface area contributed by atoms with E-state index in [9.17, 15) is 0 Å². The Morgan fingerprint density at radius 3 is 1.06 bits per heavy atom. The maximum absolute atomic E-state index is 2.66. The number of hydrogen-bond acceptors (Lipinski definition) is 2. The largest absolute Gasteiger partial charge is 0.309 e. The zero-order valence-electron chi connectivity index (χ0n) is 48.1. The number of para-hydroxylation sites is 6. The molecule has 0 unspecified atom stereocenters. The smallest absolute Gasteiger partial charge is 0.0641 e. The third kappa shape index (κ3) is 7.29. The minimum Gasteiger partial charge on any atom is -0.309 e. The molecule has 0 saturated carbocycles. The number of nitrogens with zero attached hydrogens (tertiary/aromatic N) is 4. The van der Waals surface area contributed by atoms with E-state index >= 15 is 0 Å². The van der Waals surface area contributed by atoms with Crippen molar-refractivity contribution in [1.29, 1.82) is 0 Å². The monoisotopic (exact) mass is 1060 g/mol. The lowest BCUT2D eigenvalue weighted by atomic mass is 9.85. The van der Waals surface area contributed by atoms with Crippen molar-refractivity contribution in [2.75, 3.05) is 9.80 Å². The van der Waals surface area contributed by atoms with Gasteiger partial charge >= 0.3 is 0 Å². The van der Waals surface area contributed by atoms with Crippen molar-refractivity contribution in [3.8, 4) is 22.3 Å². The normalized spacial score (nSPS) is 12.5. The van der Waals surface area contributed by atoms with Crippen LogP contribution in [0.1, 0.15) is 77.6 Å². The predicted molar refractivity (Wildman–Crippen MR) is 352 cm³/mol. The van der Waals surface area contributed by atoms with Crippen LogP contribution >= 0.6 is 0 Å². The number of benzene rings is 11. The lowest BCUT2D eigenvalue weighted by Gasteiger charge is -2.30. The number of aromatic nitrogens is 2. The molecule has 4 nitrogen and oxygen atoms in total. The highest BCUT2D eigenvalue weighted by Crippen LogP contribution is 2.55. The van der Waals surface area contributed by atoms with Gasteiger partial charge in [0.25, 0.3) is 0 Å². The van der Waals surface area contributed by atoms with Gasteiger partial charge in [0.1, 0.15) is 0 Å². The lowest BCUT2D eigenvalue weighted by molar-refractivity contribution is 0.594. The molecule has 398 valence electrons. The van der Waals surface area contributed by atoms with Crippen LogP contribution in [0.3, 0.4) is 0 Å². The minimum absolute atomic E-state index is 0.147. The standard InChI is InChI=1S/C78H66N4/c1-9-49-27-17-21-39-63(49)79(65-41-23-19-33-53(65)51-29-13-11-14-30-51)67-45-43-55-59-47-70-60(48-69(59)81-73-57(71(67)75(55)81)35-25-37-61(73)77(3,4)5)56-44-46-68(72-58-36-26-38-62(78(6,7)8)74(58)82(70)76(56)72)80(64-40-22-18-28-50(64)10-2)66-42-24-20-34-54(66)52-31-15-12-16-32-52/h11-48H,9-10H2,1-8H3. The fraction of sp³-hybridized carbons (Fsp3) is 0.154. The van der Waals surface area contributed by atoms with E-state index < -0.39 is 0 Å². The van der Waals surface area contributed by atoms with Crippen LogP contribution < -0.4 is 9.80 Å². The van der Waals surface area contributed by atoms with Gasteiger partial charge in [0.15, 0.2) is 0 Å². The van der Waals surface area contributed by atoms with E-state index in [-0.39, 0.29) is 10.8 Å². The van der Waals surface area contributed by atoms with Crippen molar-refractivity contribution in [3.05, 3.63) is 253 Å². The van der Waals surface area contributed by atoms with Gasteiger partial charge in [-0.1, -0.05) is 237 Å². The first-order chi connectivity index (χ1) is 39.9. The first-order valence-electron chi connectivity index (χ1n) is 29.4. The predicted octanol–water partition coefficient (Wildman–Crippen LogP) is 22.0. The van der Waals surface area contributed by atoms with Crippen LogP contribution in [0.15, 0.2) is 231 Å². The summed E-state index contributed by atoms with van der Waals surface area (Å²) in [5.74, 6) is 0. The number of rotatable bonds is 10. The van der Waals surface area contributed by atoms with Crippen LogP contribution in [0.25, 0.3) is 98.4 Å². The maximum atomic E-state index is 2.66. The van der Waals surface area contributed by atoms with Crippen LogP contribution in [0.2, 0.25) is 0 Å². The molecule has 4 aromatic heterocycles. The molecule has 0 spiro atoms. The topological polar surface area (TPSA) is 15.3 Å². The van der Waals surface area contributed by atoms with Crippen LogP contribution in [0.4, 0.5) is 34.1 Å². The summed E-state index contributed by atoms with van der Waals surface area (Å²) in [4.78, 5) is 5.14. The van der Waals surface area contributed by atoms with E-state index in [0.29, 0.717) is 0 Å². The molecule has 11 aromatic carbocycles. The van der Waals surface area contributed by atoms with Gasteiger partial charge in [0, 0.05) is 65.6 Å². The summed E-state index contributed by atoms with van der Waals surface area (Å²) >= 11 is 0. The summed E-state index contributed by atoms with van der Waals surface area (Å²) in [6.07, 6.45) is 1.81. The molecule has 0 aliphatic heterocycles. The molecule has 0 amide bonds. The van der Waals surface area contributed by atoms with Gasteiger partial charge in [-0.15, -0.1) is 0 Å². The summed E-state index contributed by atoms with van der Waals surface area (Å²) in [7, 11) is 0.